The first kappa shape index (κ1) is 13.7. The Morgan fingerprint density at radius 1 is 1.30 bits per heavy atom. The molecule has 0 radical (unpaired) electrons. The maximum absolute atomic E-state index is 8.96. The summed E-state index contributed by atoms with van der Waals surface area (Å²) < 4.78 is 7.19. The van der Waals surface area contributed by atoms with Gasteiger partial charge in [0, 0.05) is 18.5 Å². The number of aromatic nitrogens is 3. The molecule has 1 N–H and O–H groups in total. The number of nitrogens with one attached hydrogen (secondary N) is 1. The molecular formula is C17H15N5O. The molecule has 3 aromatic rings. The van der Waals surface area contributed by atoms with E-state index in [0.717, 1.165) is 42.2 Å². The zero-order valence-electron chi connectivity index (χ0n) is 12.4. The van der Waals surface area contributed by atoms with E-state index in [2.05, 4.69) is 21.5 Å². The van der Waals surface area contributed by atoms with E-state index in [1.807, 2.05) is 30.3 Å². The Bertz CT molecular complexity index is 889. The molecule has 23 heavy (non-hydrogen) atoms. The van der Waals surface area contributed by atoms with Gasteiger partial charge >= 0.3 is 0 Å². The van der Waals surface area contributed by atoms with Gasteiger partial charge in [0.2, 0.25) is 0 Å². The molecule has 114 valence electrons. The van der Waals surface area contributed by atoms with Gasteiger partial charge in [0.1, 0.15) is 6.07 Å². The van der Waals surface area contributed by atoms with Crippen LogP contribution in [0.2, 0.25) is 0 Å². The van der Waals surface area contributed by atoms with Crippen LogP contribution in [0.15, 0.2) is 42.7 Å². The molecule has 0 spiro atoms. The van der Waals surface area contributed by atoms with Crippen LogP contribution < -0.4 is 5.32 Å². The van der Waals surface area contributed by atoms with Crippen molar-refractivity contribution in [3.63, 3.8) is 0 Å². The molecule has 4 rings (SSSR count). The quantitative estimate of drug-likeness (QED) is 0.804. The van der Waals surface area contributed by atoms with Crippen LogP contribution in [-0.4, -0.2) is 33.9 Å². The molecular weight excluding hydrogens is 290 g/mol. The van der Waals surface area contributed by atoms with Gasteiger partial charge in [-0.15, -0.1) is 0 Å². The Balaban J connectivity index is 1.69. The predicted octanol–water partition coefficient (Wildman–Crippen LogP) is 2.47. The lowest BCUT2D eigenvalue weighted by atomic mass is 10.2. The van der Waals surface area contributed by atoms with Crippen LogP contribution in [0.5, 0.6) is 0 Å². The summed E-state index contributed by atoms with van der Waals surface area (Å²) in [5.41, 5.74) is 4.19. The van der Waals surface area contributed by atoms with E-state index < -0.39 is 0 Å². The minimum atomic E-state index is 0.352. The van der Waals surface area contributed by atoms with Crippen LogP contribution in [0.4, 0.5) is 5.69 Å². The first-order valence-electron chi connectivity index (χ1n) is 7.52. The molecule has 1 fully saturated rings. The molecule has 0 bridgehead atoms. The summed E-state index contributed by atoms with van der Waals surface area (Å²) in [6.07, 6.45) is 4.37. The first-order valence-corrected chi connectivity index (χ1v) is 7.52. The fourth-order valence-corrected chi connectivity index (χ4v) is 2.80. The molecule has 6 heteroatoms. The van der Waals surface area contributed by atoms with Gasteiger partial charge in [-0.3, -0.25) is 4.98 Å². The molecule has 1 aliphatic heterocycles. The highest BCUT2D eigenvalue weighted by Crippen LogP contribution is 2.23. The normalized spacial score (nSPS) is 17.3. The second-order valence-electron chi connectivity index (χ2n) is 5.55. The molecule has 1 unspecified atom stereocenters. The minimum Gasteiger partial charge on any atom is -0.380 e. The maximum atomic E-state index is 8.96. The monoisotopic (exact) mass is 305 g/mol. The summed E-state index contributed by atoms with van der Waals surface area (Å²) in [5, 5.41) is 16.8. The van der Waals surface area contributed by atoms with Crippen molar-refractivity contribution in [3.8, 4) is 17.5 Å². The summed E-state index contributed by atoms with van der Waals surface area (Å²) in [4.78, 5) is 4.45. The van der Waals surface area contributed by atoms with Gasteiger partial charge < -0.3 is 10.1 Å². The van der Waals surface area contributed by atoms with Gasteiger partial charge in [0.25, 0.3) is 0 Å². The number of pyridine rings is 1. The predicted molar refractivity (Wildman–Crippen MR) is 86.0 cm³/mol. The summed E-state index contributed by atoms with van der Waals surface area (Å²) in [6, 6.07) is 12.1. The van der Waals surface area contributed by atoms with Crippen molar-refractivity contribution in [1.82, 2.24) is 14.6 Å². The van der Waals surface area contributed by atoms with Crippen molar-refractivity contribution < 1.29 is 4.74 Å². The molecule has 0 aromatic carbocycles. The van der Waals surface area contributed by atoms with Gasteiger partial charge in [0.05, 0.1) is 41.3 Å². The summed E-state index contributed by atoms with van der Waals surface area (Å²) in [5.74, 6) is 0. The highest BCUT2D eigenvalue weighted by atomic mass is 16.5. The van der Waals surface area contributed by atoms with Crippen molar-refractivity contribution >= 4 is 11.2 Å². The number of ether oxygens (including phenoxy) is 1. The van der Waals surface area contributed by atoms with E-state index >= 15 is 0 Å². The van der Waals surface area contributed by atoms with Gasteiger partial charge in [-0.05, 0) is 36.8 Å². The average Bonchev–Trinajstić information content (AvgIpc) is 3.23. The Morgan fingerprint density at radius 3 is 3.09 bits per heavy atom. The molecule has 1 saturated heterocycles. The number of rotatable bonds is 3. The fourth-order valence-electron chi connectivity index (χ4n) is 2.80. The van der Waals surface area contributed by atoms with Crippen LogP contribution >= 0.6 is 0 Å². The number of hydrogen-bond donors (Lipinski definition) is 1. The Kier molecular flexibility index (Phi) is 3.41. The molecule has 1 aliphatic rings. The van der Waals surface area contributed by atoms with Gasteiger partial charge in [-0.25, -0.2) is 4.52 Å². The van der Waals surface area contributed by atoms with Gasteiger partial charge in [0.15, 0.2) is 0 Å². The minimum absolute atomic E-state index is 0.352. The molecule has 0 amide bonds. The largest absolute Gasteiger partial charge is 0.380 e. The third-order valence-corrected chi connectivity index (χ3v) is 3.95. The standard InChI is InChI=1S/C17H15N5O/c18-9-12-7-15-1-2-17(22(15)20-10-12)16-8-13(3-5-19-16)21-14-4-6-23-11-14/h1-3,5,7-8,10,14H,4,6,11H2,(H,19,21). The average molecular weight is 305 g/mol. The van der Waals surface area contributed by atoms with Crippen LogP contribution in [0.1, 0.15) is 12.0 Å². The number of nitriles is 1. The van der Waals surface area contributed by atoms with Crippen LogP contribution in [-0.2, 0) is 4.74 Å². The fraction of sp³-hybridized carbons (Fsp3) is 0.235. The van der Waals surface area contributed by atoms with E-state index in [9.17, 15) is 0 Å². The molecule has 1 atom stereocenters. The van der Waals surface area contributed by atoms with Crippen molar-refractivity contribution in [2.24, 2.45) is 0 Å². The smallest absolute Gasteiger partial charge is 0.101 e. The second-order valence-corrected chi connectivity index (χ2v) is 5.55. The van der Waals surface area contributed by atoms with Crippen molar-refractivity contribution in [1.29, 1.82) is 5.26 Å². The zero-order chi connectivity index (χ0) is 15.6. The summed E-state index contributed by atoms with van der Waals surface area (Å²) in [6.45, 7) is 1.55. The molecule has 0 saturated carbocycles. The maximum Gasteiger partial charge on any atom is 0.101 e. The first-order chi connectivity index (χ1) is 11.3. The van der Waals surface area contributed by atoms with Crippen LogP contribution in [0, 0.1) is 11.3 Å². The highest BCUT2D eigenvalue weighted by molar-refractivity contribution is 5.67. The van der Waals surface area contributed by atoms with Crippen LogP contribution in [0.25, 0.3) is 16.9 Å². The van der Waals surface area contributed by atoms with E-state index in [-0.39, 0.29) is 0 Å². The van der Waals surface area contributed by atoms with Crippen molar-refractivity contribution in [2.45, 2.75) is 12.5 Å². The summed E-state index contributed by atoms with van der Waals surface area (Å²) >= 11 is 0. The van der Waals surface area contributed by atoms with E-state index in [4.69, 9.17) is 10.00 Å². The highest BCUT2D eigenvalue weighted by Gasteiger charge is 2.15. The van der Waals surface area contributed by atoms with Gasteiger partial charge in [-0.1, -0.05) is 0 Å². The van der Waals surface area contributed by atoms with Crippen LogP contribution in [0.3, 0.4) is 0 Å². The Hall–Kier alpha value is -2.91. The number of hydrogen-bond acceptors (Lipinski definition) is 5. The number of nitrogens with zero attached hydrogens (tertiary/aromatic N) is 4. The van der Waals surface area contributed by atoms with Crippen molar-refractivity contribution in [2.75, 3.05) is 18.5 Å². The molecule has 3 aromatic heterocycles. The lowest BCUT2D eigenvalue weighted by molar-refractivity contribution is 0.195. The number of fused-ring (bicyclic) bond motifs is 1. The van der Waals surface area contributed by atoms with E-state index in [1.165, 1.54) is 0 Å². The molecule has 4 heterocycles. The second kappa shape index (κ2) is 5.71. The lowest BCUT2D eigenvalue weighted by Crippen LogP contribution is -2.18. The topological polar surface area (TPSA) is 75.2 Å². The molecule has 0 aliphatic carbocycles. The van der Waals surface area contributed by atoms with E-state index in [0.29, 0.717) is 11.6 Å². The molecule has 6 nitrogen and oxygen atoms in total. The van der Waals surface area contributed by atoms with Crippen molar-refractivity contribution in [3.05, 3.63) is 48.3 Å². The van der Waals surface area contributed by atoms with E-state index in [1.54, 1.807) is 16.9 Å². The summed E-state index contributed by atoms with van der Waals surface area (Å²) in [7, 11) is 0. The lowest BCUT2D eigenvalue weighted by Gasteiger charge is -2.12. The van der Waals surface area contributed by atoms with Gasteiger partial charge in [-0.2, -0.15) is 10.4 Å². The number of anilines is 1. The zero-order valence-corrected chi connectivity index (χ0v) is 12.4. The third kappa shape index (κ3) is 2.62. The SMILES string of the molecule is N#Cc1cnn2c(-c3cc(NC4CCOC4)ccn3)ccc2c1. The third-order valence-electron chi connectivity index (χ3n) is 3.95. The Labute approximate surface area is 133 Å². The Morgan fingerprint density at radius 2 is 2.26 bits per heavy atom.